The van der Waals surface area contributed by atoms with Crippen molar-refractivity contribution >= 4 is 28.0 Å². The molecule has 0 bridgehead atoms. The van der Waals surface area contributed by atoms with Crippen LogP contribution >= 0.6 is 12.4 Å². The van der Waals surface area contributed by atoms with Crippen molar-refractivity contribution in [2.45, 2.75) is 24.5 Å². The van der Waals surface area contributed by atoms with E-state index in [2.05, 4.69) is 6.07 Å². The minimum absolute atomic E-state index is 0. The Hall–Kier alpha value is -0.740. The molecular weight excluding hydrogens is 244 g/mol. The number of hydrogen-bond acceptors (Lipinski definition) is 2. The van der Waals surface area contributed by atoms with Crippen molar-refractivity contribution in [2.75, 3.05) is 10.8 Å². The molecule has 0 radical (unpaired) electrons. The van der Waals surface area contributed by atoms with Crippen molar-refractivity contribution < 1.29 is 4.21 Å². The minimum atomic E-state index is -2.55. The van der Waals surface area contributed by atoms with Gasteiger partial charge in [-0.1, -0.05) is 18.2 Å². The van der Waals surface area contributed by atoms with Gasteiger partial charge in [0, 0.05) is 6.54 Å². The van der Waals surface area contributed by atoms with Gasteiger partial charge in [0.05, 0.1) is 10.9 Å². The maximum atomic E-state index is 12.3. The number of para-hydroxylation sites is 1. The van der Waals surface area contributed by atoms with Gasteiger partial charge >= 0.3 is 0 Å². The fraction of sp³-hybridized carbons (Fsp3) is 0.455. The van der Waals surface area contributed by atoms with Crippen LogP contribution in [0.15, 0.2) is 24.3 Å². The van der Waals surface area contributed by atoms with Gasteiger partial charge in [0.15, 0.2) is 0 Å². The molecule has 3 rings (SSSR count). The third-order valence-electron chi connectivity index (χ3n) is 3.15. The molecule has 1 fully saturated rings. The molecular formula is C11H15ClN2OS. The zero-order valence-electron chi connectivity index (χ0n) is 8.89. The van der Waals surface area contributed by atoms with E-state index in [9.17, 15) is 4.21 Å². The van der Waals surface area contributed by atoms with Crippen molar-refractivity contribution in [3.05, 3.63) is 29.8 Å². The lowest BCUT2D eigenvalue weighted by Crippen LogP contribution is -2.30. The number of halogens is 1. The molecule has 16 heavy (non-hydrogen) atoms. The summed E-state index contributed by atoms with van der Waals surface area (Å²) in [6.07, 6.45) is 2.85. The Morgan fingerprint density at radius 2 is 2.00 bits per heavy atom. The van der Waals surface area contributed by atoms with Crippen LogP contribution in [0.3, 0.4) is 0 Å². The molecule has 5 heteroatoms. The Kier molecular flexibility index (Phi) is 2.88. The van der Waals surface area contributed by atoms with Crippen molar-refractivity contribution in [3.8, 4) is 0 Å². The average molecular weight is 259 g/mol. The monoisotopic (exact) mass is 258 g/mol. The molecule has 0 spiro atoms. The lowest BCUT2D eigenvalue weighted by molar-refractivity contribution is 0.670. The first kappa shape index (κ1) is 11.7. The van der Waals surface area contributed by atoms with Gasteiger partial charge in [-0.05, 0) is 30.9 Å². The smallest absolute Gasteiger partial charge is 0.132 e. The van der Waals surface area contributed by atoms with Crippen molar-refractivity contribution in [3.63, 3.8) is 0 Å². The molecule has 1 heterocycles. The summed E-state index contributed by atoms with van der Waals surface area (Å²) < 4.78 is 22.2. The van der Waals surface area contributed by atoms with E-state index in [0.29, 0.717) is 0 Å². The van der Waals surface area contributed by atoms with Crippen LogP contribution in [-0.2, 0) is 16.3 Å². The van der Waals surface area contributed by atoms with E-state index in [1.807, 2.05) is 22.5 Å². The molecule has 0 saturated heterocycles. The third-order valence-corrected chi connectivity index (χ3v) is 5.56. The fourth-order valence-corrected chi connectivity index (χ4v) is 4.12. The number of fused-ring (bicyclic) bond motifs is 1. The molecule has 2 aliphatic rings. The Labute approximate surface area is 102 Å². The normalized spacial score (nSPS) is 22.1. The first-order valence-corrected chi connectivity index (χ1v) is 6.90. The zero-order valence-corrected chi connectivity index (χ0v) is 10.5. The van der Waals surface area contributed by atoms with Crippen LogP contribution in [0.4, 0.5) is 5.69 Å². The fourth-order valence-electron chi connectivity index (χ4n) is 2.16. The van der Waals surface area contributed by atoms with Crippen LogP contribution in [0.1, 0.15) is 18.4 Å². The molecule has 1 aromatic rings. The molecule has 1 aliphatic carbocycles. The Morgan fingerprint density at radius 3 is 2.69 bits per heavy atom. The summed E-state index contributed by atoms with van der Waals surface area (Å²) in [6.45, 7) is 0.748. The Bertz CT molecular complexity index is 496. The maximum absolute atomic E-state index is 12.3. The molecule has 3 nitrogen and oxygen atoms in total. The molecule has 1 aliphatic heterocycles. The zero-order chi connectivity index (χ0) is 10.5. The summed E-state index contributed by atoms with van der Waals surface area (Å²) in [5.74, 6) is 0. The Morgan fingerprint density at radius 1 is 1.31 bits per heavy atom. The van der Waals surface area contributed by atoms with E-state index >= 15 is 0 Å². The Balaban J connectivity index is 0.000000963. The molecule has 1 saturated carbocycles. The number of anilines is 1. The van der Waals surface area contributed by atoms with E-state index in [1.165, 1.54) is 5.56 Å². The minimum Gasteiger partial charge on any atom is -0.285 e. The number of rotatable bonds is 2. The predicted octanol–water partition coefficient (Wildman–Crippen LogP) is 2.60. The van der Waals surface area contributed by atoms with Gasteiger partial charge < -0.3 is 0 Å². The summed E-state index contributed by atoms with van der Waals surface area (Å²) >= 11 is 0. The van der Waals surface area contributed by atoms with Gasteiger partial charge in [-0.25, -0.2) is 8.99 Å². The first-order chi connectivity index (χ1) is 7.19. The number of nitrogens with zero attached hydrogens (tertiary/aromatic N) is 1. The lowest BCUT2D eigenvalue weighted by Gasteiger charge is -2.22. The lowest BCUT2D eigenvalue weighted by atomic mass is 10.2. The van der Waals surface area contributed by atoms with Crippen LogP contribution in [0.2, 0.25) is 0 Å². The molecule has 1 aromatic carbocycles. The standard InChI is InChI=1S/C11H14N2OS.ClH/c12-15(14,10-5-6-10)13-8-7-9-3-1-2-4-11(9)13;/h1-4,10,12H,5-8H2;1H. The van der Waals surface area contributed by atoms with E-state index in [0.717, 1.165) is 31.5 Å². The van der Waals surface area contributed by atoms with Crippen molar-refractivity contribution in [1.29, 1.82) is 4.78 Å². The molecule has 0 amide bonds. The summed E-state index contributed by atoms with van der Waals surface area (Å²) in [6, 6.07) is 8.02. The molecule has 88 valence electrons. The molecule has 1 atom stereocenters. The molecule has 0 aromatic heterocycles. The van der Waals surface area contributed by atoms with E-state index < -0.39 is 9.92 Å². The van der Waals surface area contributed by atoms with Gasteiger partial charge in [0.1, 0.15) is 9.92 Å². The number of benzene rings is 1. The van der Waals surface area contributed by atoms with Crippen molar-refractivity contribution in [1.82, 2.24) is 0 Å². The molecule has 1 unspecified atom stereocenters. The SMILES string of the molecule is Cl.N=S(=O)(C1CC1)N1CCc2ccccc21. The average Bonchev–Trinajstić information content (AvgIpc) is 2.98. The number of nitrogens with one attached hydrogen (secondary N) is 1. The van der Waals surface area contributed by atoms with Gasteiger partial charge in [0.25, 0.3) is 0 Å². The van der Waals surface area contributed by atoms with Gasteiger partial charge in [0.2, 0.25) is 0 Å². The van der Waals surface area contributed by atoms with Crippen LogP contribution in [0, 0.1) is 4.78 Å². The highest BCUT2D eigenvalue weighted by Crippen LogP contribution is 2.38. The topological polar surface area (TPSA) is 44.2 Å². The highest BCUT2D eigenvalue weighted by molar-refractivity contribution is 7.94. The van der Waals surface area contributed by atoms with Gasteiger partial charge in [-0.15, -0.1) is 12.4 Å². The summed E-state index contributed by atoms with van der Waals surface area (Å²) in [4.78, 5) is 0. The van der Waals surface area contributed by atoms with Crippen LogP contribution < -0.4 is 4.31 Å². The van der Waals surface area contributed by atoms with Crippen LogP contribution in [-0.4, -0.2) is 16.0 Å². The summed E-state index contributed by atoms with van der Waals surface area (Å²) in [5.41, 5.74) is 2.25. The highest BCUT2D eigenvalue weighted by Gasteiger charge is 2.39. The predicted molar refractivity (Wildman–Crippen MR) is 68.6 cm³/mol. The largest absolute Gasteiger partial charge is 0.285 e. The second kappa shape index (κ2) is 3.93. The first-order valence-electron chi connectivity index (χ1n) is 5.33. The maximum Gasteiger partial charge on any atom is 0.132 e. The van der Waals surface area contributed by atoms with Crippen molar-refractivity contribution in [2.24, 2.45) is 0 Å². The summed E-state index contributed by atoms with van der Waals surface area (Å²) in [7, 11) is -2.55. The summed E-state index contributed by atoms with van der Waals surface area (Å²) in [5, 5.41) is 0.114. The van der Waals surface area contributed by atoms with Crippen LogP contribution in [0.25, 0.3) is 0 Å². The molecule has 1 N–H and O–H groups in total. The van der Waals surface area contributed by atoms with E-state index in [1.54, 1.807) is 0 Å². The number of hydrogen-bond donors (Lipinski definition) is 1. The van der Waals surface area contributed by atoms with Gasteiger partial charge in [-0.3, -0.25) is 4.31 Å². The van der Waals surface area contributed by atoms with E-state index in [-0.39, 0.29) is 17.7 Å². The quantitative estimate of drug-likeness (QED) is 0.871. The van der Waals surface area contributed by atoms with Crippen LogP contribution in [0.5, 0.6) is 0 Å². The van der Waals surface area contributed by atoms with E-state index in [4.69, 9.17) is 4.78 Å². The highest BCUT2D eigenvalue weighted by atomic mass is 35.5. The van der Waals surface area contributed by atoms with Gasteiger partial charge in [-0.2, -0.15) is 0 Å². The second-order valence-corrected chi connectivity index (χ2v) is 6.49. The third kappa shape index (κ3) is 1.70. The second-order valence-electron chi connectivity index (χ2n) is 4.25.